The Bertz CT molecular complexity index is 770. The maximum atomic E-state index is 12.5. The van der Waals surface area contributed by atoms with Gasteiger partial charge in [-0.1, -0.05) is 62.8 Å². The molecule has 2 atom stereocenters. The van der Waals surface area contributed by atoms with Gasteiger partial charge in [-0.25, -0.2) is 0 Å². The molecule has 9 nitrogen and oxygen atoms in total. The number of Topliss-reactive ketones (excluding diaryl/α,β-unsaturated/α-hetero) is 1. The number of rotatable bonds is 22. The quantitative estimate of drug-likeness (QED) is 0.0889. The molecule has 0 aliphatic heterocycles. The Balaban J connectivity index is 4.30. The number of allylic oxidation sites excluding steroid dienone is 1. The summed E-state index contributed by atoms with van der Waals surface area (Å²) in [6.07, 6.45) is 11.4. The number of esters is 1. The van der Waals surface area contributed by atoms with Crippen LogP contribution in [-0.4, -0.2) is 80.1 Å². The van der Waals surface area contributed by atoms with E-state index in [1.807, 2.05) is 6.08 Å². The lowest BCUT2D eigenvalue weighted by Gasteiger charge is -2.18. The number of carbonyl (C=O) groups excluding carboxylic acids is 4. The molecule has 0 aromatic carbocycles. The van der Waals surface area contributed by atoms with Crippen LogP contribution in [0.4, 0.5) is 0 Å². The van der Waals surface area contributed by atoms with Crippen LogP contribution < -0.4 is 5.32 Å². The molecule has 0 fully saturated rings. The Hall–Kier alpha value is -2.23. The number of likely N-dealkylation sites (N-methyl/N-ethyl adjacent to an activating group) is 1. The molecule has 2 N–H and O–H groups in total. The molecule has 38 heavy (non-hydrogen) atoms. The van der Waals surface area contributed by atoms with Crippen molar-refractivity contribution < 1.29 is 33.8 Å². The second-order valence-electron chi connectivity index (χ2n) is 9.45. The zero-order valence-electron chi connectivity index (χ0n) is 23.5. The second kappa shape index (κ2) is 22.7. The van der Waals surface area contributed by atoms with Crippen molar-refractivity contribution in [3.63, 3.8) is 0 Å². The first kappa shape index (κ1) is 35.8. The van der Waals surface area contributed by atoms with Gasteiger partial charge in [0.2, 0.25) is 11.8 Å². The molecule has 0 aliphatic carbocycles. The maximum absolute atomic E-state index is 12.5. The molecule has 0 aliphatic rings. The van der Waals surface area contributed by atoms with Crippen molar-refractivity contribution in [2.75, 3.05) is 34.4 Å². The maximum Gasteiger partial charge on any atom is 0.308 e. The first-order valence-electron chi connectivity index (χ1n) is 13.4. The van der Waals surface area contributed by atoms with E-state index in [-0.39, 0.29) is 43.7 Å². The van der Waals surface area contributed by atoms with E-state index in [1.165, 1.54) is 49.6 Å². The van der Waals surface area contributed by atoms with Gasteiger partial charge >= 0.3 is 5.97 Å². The molecule has 0 aromatic heterocycles. The average molecular weight is 559 g/mol. The number of nitrogens with one attached hydrogen (secondary N) is 1. The summed E-state index contributed by atoms with van der Waals surface area (Å²) in [5, 5.41) is 12.1. The lowest BCUT2D eigenvalue weighted by molar-refractivity contribution is -0.143. The Kier molecular flexibility index (Phi) is 21.4. The minimum Gasteiger partial charge on any atom is -0.469 e. The highest BCUT2D eigenvalue weighted by Crippen LogP contribution is 2.13. The standard InChI is InChI=1S/C28H47ClN2O7/c1-5-6-7-8-10-13-25(37-3)14-11-9-12-15-27(35)31(2)21-22(19-29)16-23(32)17-26(34)30-20-24(33)18-28(36)38-4/h9,11,19,24-25,33H,5-8,10,12-18,20-21H2,1-4H3,(H,30,34). The van der Waals surface area contributed by atoms with Gasteiger partial charge < -0.3 is 24.8 Å². The summed E-state index contributed by atoms with van der Waals surface area (Å²) in [5.74, 6) is -1.62. The highest BCUT2D eigenvalue weighted by molar-refractivity contribution is 6.26. The molecule has 2 amide bonds. The number of hydrogen-bond acceptors (Lipinski definition) is 7. The van der Waals surface area contributed by atoms with Gasteiger partial charge in [0.25, 0.3) is 0 Å². The molecule has 0 spiro atoms. The summed E-state index contributed by atoms with van der Waals surface area (Å²) >= 11 is 5.86. The van der Waals surface area contributed by atoms with Crippen LogP contribution >= 0.6 is 11.6 Å². The lowest BCUT2D eigenvalue weighted by Crippen LogP contribution is -2.34. The van der Waals surface area contributed by atoms with Gasteiger partial charge in [0.1, 0.15) is 5.78 Å². The minimum absolute atomic E-state index is 0.0734. The zero-order chi connectivity index (χ0) is 28.8. The van der Waals surface area contributed by atoms with Gasteiger partial charge in [-0.2, -0.15) is 0 Å². The third-order valence-electron chi connectivity index (χ3n) is 6.02. The number of aliphatic hydroxyl groups excluding tert-OH is 1. The second-order valence-corrected chi connectivity index (χ2v) is 9.67. The summed E-state index contributed by atoms with van der Waals surface area (Å²) in [6, 6.07) is 0. The van der Waals surface area contributed by atoms with Gasteiger partial charge in [-0.05, 0) is 24.8 Å². The number of halogens is 1. The molecule has 0 aromatic rings. The van der Waals surface area contributed by atoms with Crippen LogP contribution in [0.25, 0.3) is 0 Å². The van der Waals surface area contributed by atoms with Gasteiger partial charge in [0.15, 0.2) is 0 Å². The zero-order valence-corrected chi connectivity index (χ0v) is 24.3. The Morgan fingerprint density at radius 1 is 1.05 bits per heavy atom. The van der Waals surface area contributed by atoms with Crippen molar-refractivity contribution in [1.82, 2.24) is 10.2 Å². The van der Waals surface area contributed by atoms with Gasteiger partial charge in [-0.3, -0.25) is 19.2 Å². The highest BCUT2D eigenvalue weighted by Gasteiger charge is 2.17. The fourth-order valence-electron chi connectivity index (χ4n) is 3.73. The lowest BCUT2D eigenvalue weighted by atomic mass is 10.1. The van der Waals surface area contributed by atoms with E-state index in [0.29, 0.717) is 18.4 Å². The summed E-state index contributed by atoms with van der Waals surface area (Å²) in [5.41, 5.74) is 1.77. The summed E-state index contributed by atoms with van der Waals surface area (Å²) in [6.45, 7) is 2.22. The van der Waals surface area contributed by atoms with Crippen LogP contribution in [0.1, 0.15) is 84.0 Å². The summed E-state index contributed by atoms with van der Waals surface area (Å²) in [4.78, 5) is 49.3. The number of ether oxygens (including phenoxy) is 2. The topological polar surface area (TPSA) is 122 Å². The van der Waals surface area contributed by atoms with Crippen molar-refractivity contribution >= 4 is 35.2 Å². The van der Waals surface area contributed by atoms with Crippen molar-refractivity contribution in [3.8, 4) is 0 Å². The van der Waals surface area contributed by atoms with Gasteiger partial charge in [-0.15, -0.1) is 0 Å². The number of unbranched alkanes of at least 4 members (excludes halogenated alkanes) is 4. The fraction of sp³-hybridized carbons (Fsp3) is 0.714. The fourth-order valence-corrected chi connectivity index (χ4v) is 3.88. The van der Waals surface area contributed by atoms with E-state index >= 15 is 0 Å². The number of carbonyl (C=O) groups is 4. The van der Waals surface area contributed by atoms with Crippen LogP contribution in [0.3, 0.4) is 0 Å². The van der Waals surface area contributed by atoms with Crippen LogP contribution in [0, 0.1) is 0 Å². The molecule has 0 saturated carbocycles. The van der Waals surface area contributed by atoms with Gasteiger partial charge in [0.05, 0.1) is 32.2 Å². The molecular weight excluding hydrogens is 512 g/mol. The predicted octanol–water partition coefficient (Wildman–Crippen LogP) is 4.06. The largest absolute Gasteiger partial charge is 0.469 e. The molecule has 0 heterocycles. The number of nitrogens with zero attached hydrogens (tertiary/aromatic N) is 1. The van der Waals surface area contributed by atoms with E-state index in [2.05, 4.69) is 23.1 Å². The number of amides is 2. The van der Waals surface area contributed by atoms with E-state index in [9.17, 15) is 24.3 Å². The molecule has 2 unspecified atom stereocenters. The van der Waals surface area contributed by atoms with Crippen LogP contribution in [0.2, 0.25) is 0 Å². The normalized spacial score (nSPS) is 13.3. The monoisotopic (exact) mass is 558 g/mol. The Labute approximate surface area is 232 Å². The van der Waals surface area contributed by atoms with Crippen LogP contribution in [-0.2, 0) is 28.7 Å². The average Bonchev–Trinajstić information content (AvgIpc) is 2.89. The first-order chi connectivity index (χ1) is 18.2. The number of ketones is 1. The number of aliphatic hydroxyl groups is 1. The first-order valence-corrected chi connectivity index (χ1v) is 13.8. The van der Waals surface area contributed by atoms with Crippen molar-refractivity contribution in [1.29, 1.82) is 0 Å². The van der Waals surface area contributed by atoms with E-state index < -0.39 is 24.4 Å². The van der Waals surface area contributed by atoms with Crippen molar-refractivity contribution in [3.05, 3.63) is 23.3 Å². The molecule has 218 valence electrons. The SMILES string of the molecule is CCCCCCCC(CC=CCCC(=O)N(C)CC(=CCl)CC(=O)CC(=O)NCC(O)CC(=O)OC)OC. The van der Waals surface area contributed by atoms with E-state index in [0.717, 1.165) is 12.8 Å². The van der Waals surface area contributed by atoms with Crippen LogP contribution in [0.5, 0.6) is 0 Å². The van der Waals surface area contributed by atoms with Crippen molar-refractivity contribution in [2.45, 2.75) is 96.2 Å². The Morgan fingerprint density at radius 3 is 2.39 bits per heavy atom. The Morgan fingerprint density at radius 2 is 1.76 bits per heavy atom. The molecule has 0 radical (unpaired) electrons. The third kappa shape index (κ3) is 18.9. The predicted molar refractivity (Wildman–Crippen MR) is 149 cm³/mol. The molecule has 10 heteroatoms. The third-order valence-corrected chi connectivity index (χ3v) is 6.33. The number of methoxy groups -OCH3 is 2. The summed E-state index contributed by atoms with van der Waals surface area (Å²) < 4.78 is 9.99. The van der Waals surface area contributed by atoms with Crippen molar-refractivity contribution in [2.24, 2.45) is 0 Å². The highest BCUT2D eigenvalue weighted by atomic mass is 35.5. The molecular formula is C28H47ClN2O7. The molecule has 0 bridgehead atoms. The molecule has 0 saturated heterocycles. The van der Waals surface area contributed by atoms with E-state index in [1.54, 1.807) is 14.2 Å². The minimum atomic E-state index is -1.10. The molecule has 0 rings (SSSR count). The number of hydrogen-bond donors (Lipinski definition) is 2. The summed E-state index contributed by atoms with van der Waals surface area (Å²) in [7, 11) is 4.58. The van der Waals surface area contributed by atoms with Gasteiger partial charge in [0, 0.05) is 45.6 Å². The smallest absolute Gasteiger partial charge is 0.308 e. The van der Waals surface area contributed by atoms with E-state index in [4.69, 9.17) is 16.3 Å². The van der Waals surface area contributed by atoms with Crippen LogP contribution in [0.15, 0.2) is 23.3 Å².